The Kier molecular flexibility index (Phi) is 7.04. The number of carbonyl (C=O) groups is 2. The van der Waals surface area contributed by atoms with E-state index in [1.165, 1.54) is 12.8 Å². The Morgan fingerprint density at radius 2 is 1.90 bits per heavy atom. The van der Waals surface area contributed by atoms with E-state index in [9.17, 15) is 13.8 Å². The van der Waals surface area contributed by atoms with Gasteiger partial charge in [0, 0.05) is 47.3 Å². The number of rotatable bonds is 7. The maximum absolute atomic E-state index is 12.2. The molecule has 6 nitrogen and oxygen atoms in total. The molecule has 1 amide bonds. The smallest absolute Gasteiger partial charge is 0.338 e. The summed E-state index contributed by atoms with van der Waals surface area (Å²) in [4.78, 5) is 26.8. The molecular weight excluding hydrogens is 388 g/mol. The maximum atomic E-state index is 12.2. The van der Waals surface area contributed by atoms with Gasteiger partial charge in [-0.2, -0.15) is 0 Å². The highest BCUT2D eigenvalue weighted by atomic mass is 32.2. The molecule has 2 aromatic carbocycles. The Morgan fingerprint density at radius 3 is 2.59 bits per heavy atom. The van der Waals surface area contributed by atoms with E-state index in [-0.39, 0.29) is 12.5 Å². The number of anilines is 2. The normalized spacial score (nSPS) is 14.5. The maximum Gasteiger partial charge on any atom is 0.338 e. The minimum Gasteiger partial charge on any atom is -0.452 e. The minimum absolute atomic E-state index is 0.340. The van der Waals surface area contributed by atoms with Crippen LogP contribution in [0.5, 0.6) is 0 Å². The first-order valence-corrected chi connectivity index (χ1v) is 11.4. The van der Waals surface area contributed by atoms with E-state index in [0.717, 1.165) is 29.9 Å². The highest BCUT2D eigenvalue weighted by molar-refractivity contribution is 7.83. The molecule has 0 radical (unpaired) electrons. The summed E-state index contributed by atoms with van der Waals surface area (Å²) in [6.45, 7) is 3.72. The van der Waals surface area contributed by atoms with Crippen LogP contribution >= 0.6 is 0 Å². The van der Waals surface area contributed by atoms with Gasteiger partial charge < -0.3 is 15.0 Å². The van der Waals surface area contributed by atoms with Crippen molar-refractivity contribution in [3.05, 3.63) is 59.2 Å². The number of hydrogen-bond donors (Lipinski definition) is 1. The van der Waals surface area contributed by atoms with E-state index in [2.05, 4.69) is 16.3 Å². The number of carbonyl (C=O) groups excluding carboxylic acids is 2. The molecule has 1 saturated heterocycles. The zero-order valence-corrected chi connectivity index (χ0v) is 17.6. The van der Waals surface area contributed by atoms with E-state index in [1.807, 2.05) is 19.1 Å². The summed E-state index contributed by atoms with van der Waals surface area (Å²) in [6.07, 6.45) is 4.03. The first kappa shape index (κ1) is 21.0. The fourth-order valence-electron chi connectivity index (χ4n) is 3.38. The zero-order valence-electron chi connectivity index (χ0n) is 16.8. The molecule has 154 valence electrons. The summed E-state index contributed by atoms with van der Waals surface area (Å²) in [5.41, 5.74) is 3.97. The van der Waals surface area contributed by atoms with Crippen LogP contribution in [0.3, 0.4) is 0 Å². The number of hydrogen-bond acceptors (Lipinski definition) is 5. The molecule has 1 N–H and O–H groups in total. The van der Waals surface area contributed by atoms with Crippen LogP contribution in [0, 0.1) is 6.92 Å². The molecule has 1 atom stereocenters. The van der Waals surface area contributed by atoms with Crippen molar-refractivity contribution in [2.45, 2.75) is 25.5 Å². The highest BCUT2D eigenvalue weighted by Crippen LogP contribution is 2.25. The molecule has 1 unspecified atom stereocenters. The van der Waals surface area contributed by atoms with Crippen molar-refractivity contribution in [2.75, 3.05) is 36.2 Å². The lowest BCUT2D eigenvalue weighted by Crippen LogP contribution is -2.22. The van der Waals surface area contributed by atoms with Crippen LogP contribution in [0.4, 0.5) is 11.4 Å². The van der Waals surface area contributed by atoms with Crippen LogP contribution in [-0.2, 0) is 26.1 Å². The van der Waals surface area contributed by atoms with Crippen LogP contribution in [0.25, 0.3) is 0 Å². The third-order valence-corrected chi connectivity index (χ3v) is 5.56. The number of benzene rings is 2. The van der Waals surface area contributed by atoms with Crippen LogP contribution in [-0.4, -0.2) is 42.0 Å². The van der Waals surface area contributed by atoms with E-state index >= 15 is 0 Å². The average Bonchev–Trinajstić information content (AvgIpc) is 3.22. The number of esters is 1. The highest BCUT2D eigenvalue weighted by Gasteiger charge is 2.15. The Balaban J connectivity index is 1.54. The summed E-state index contributed by atoms with van der Waals surface area (Å²) < 4.78 is 16.5. The van der Waals surface area contributed by atoms with Gasteiger partial charge in [0.05, 0.1) is 5.56 Å². The molecule has 7 heteroatoms. The van der Waals surface area contributed by atoms with Crippen LogP contribution < -0.4 is 10.2 Å². The standard InChI is InChI=1S/C22H26N2O4S/c1-16-12-19(24-10-3-4-11-24)8-9-20(16)23-21(25)14-28-22(26)18-7-5-6-17(13-18)15-29(2)27/h5-9,12-13H,3-4,10-11,14-15H2,1-2H3,(H,23,25). The number of ether oxygens (including phenoxy) is 1. The van der Waals surface area contributed by atoms with Gasteiger partial charge in [-0.05, 0) is 61.2 Å². The number of aryl methyl sites for hydroxylation is 1. The van der Waals surface area contributed by atoms with Gasteiger partial charge in [0.2, 0.25) is 0 Å². The van der Waals surface area contributed by atoms with Gasteiger partial charge in [0.25, 0.3) is 5.91 Å². The third kappa shape index (κ3) is 5.90. The van der Waals surface area contributed by atoms with Gasteiger partial charge in [-0.25, -0.2) is 4.79 Å². The van der Waals surface area contributed by atoms with E-state index < -0.39 is 16.8 Å². The molecule has 0 aromatic heterocycles. The average molecular weight is 415 g/mol. The molecule has 3 rings (SSSR count). The lowest BCUT2D eigenvalue weighted by molar-refractivity contribution is -0.119. The van der Waals surface area contributed by atoms with Crippen molar-refractivity contribution in [1.29, 1.82) is 0 Å². The molecule has 0 bridgehead atoms. The number of nitrogens with zero attached hydrogens (tertiary/aromatic N) is 1. The lowest BCUT2D eigenvalue weighted by atomic mass is 10.1. The first-order valence-electron chi connectivity index (χ1n) is 9.64. The van der Waals surface area contributed by atoms with Crippen LogP contribution in [0.15, 0.2) is 42.5 Å². The summed E-state index contributed by atoms with van der Waals surface area (Å²) >= 11 is 0. The molecule has 0 spiro atoms. The van der Waals surface area contributed by atoms with Gasteiger partial charge in [-0.1, -0.05) is 12.1 Å². The van der Waals surface area contributed by atoms with Gasteiger partial charge >= 0.3 is 5.97 Å². The third-order valence-electron chi connectivity index (χ3n) is 4.82. The second-order valence-electron chi connectivity index (χ2n) is 7.24. The van der Waals surface area contributed by atoms with Crippen LogP contribution in [0.1, 0.15) is 34.3 Å². The SMILES string of the molecule is Cc1cc(N2CCCC2)ccc1NC(=O)COC(=O)c1cccc(CS(C)=O)c1. The van der Waals surface area contributed by atoms with E-state index in [1.54, 1.807) is 30.5 Å². The molecular formula is C22H26N2O4S. The minimum atomic E-state index is -0.996. The Labute approximate surface area is 173 Å². The fourth-order valence-corrected chi connectivity index (χ4v) is 4.03. The summed E-state index contributed by atoms with van der Waals surface area (Å²) in [6, 6.07) is 12.7. The van der Waals surface area contributed by atoms with E-state index in [0.29, 0.717) is 17.0 Å². The van der Waals surface area contributed by atoms with Crippen molar-refractivity contribution < 1.29 is 18.5 Å². The van der Waals surface area contributed by atoms with Crippen molar-refractivity contribution >= 4 is 34.1 Å². The zero-order chi connectivity index (χ0) is 20.8. The van der Waals surface area contributed by atoms with Crippen molar-refractivity contribution in [3.63, 3.8) is 0 Å². The largest absolute Gasteiger partial charge is 0.452 e. The van der Waals surface area contributed by atoms with Crippen molar-refractivity contribution in [1.82, 2.24) is 0 Å². The van der Waals surface area contributed by atoms with Gasteiger partial charge in [-0.15, -0.1) is 0 Å². The Morgan fingerprint density at radius 1 is 1.14 bits per heavy atom. The molecule has 1 aliphatic rings. The predicted octanol–water partition coefficient (Wildman–Crippen LogP) is 3.27. The van der Waals surface area contributed by atoms with Gasteiger partial charge in [0.15, 0.2) is 6.61 Å². The van der Waals surface area contributed by atoms with Crippen LogP contribution in [0.2, 0.25) is 0 Å². The van der Waals surface area contributed by atoms with Gasteiger partial charge in [-0.3, -0.25) is 9.00 Å². The lowest BCUT2D eigenvalue weighted by Gasteiger charge is -2.19. The topological polar surface area (TPSA) is 75.7 Å². The monoisotopic (exact) mass is 414 g/mol. The summed E-state index contributed by atoms with van der Waals surface area (Å²) in [7, 11) is -0.996. The second kappa shape index (κ2) is 9.69. The molecule has 1 aliphatic heterocycles. The number of amides is 1. The molecule has 2 aromatic rings. The Hall–Kier alpha value is -2.67. The van der Waals surface area contributed by atoms with Gasteiger partial charge in [0.1, 0.15) is 0 Å². The quantitative estimate of drug-likeness (QED) is 0.704. The number of nitrogens with one attached hydrogen (secondary N) is 1. The molecule has 1 fully saturated rings. The first-order chi connectivity index (χ1) is 13.9. The summed E-state index contributed by atoms with van der Waals surface area (Å²) in [5, 5.41) is 2.80. The Bertz CT molecular complexity index is 923. The molecule has 0 aliphatic carbocycles. The molecule has 0 saturated carbocycles. The summed E-state index contributed by atoms with van der Waals surface area (Å²) in [5.74, 6) is -0.597. The fraction of sp³-hybridized carbons (Fsp3) is 0.364. The molecule has 1 heterocycles. The second-order valence-corrected chi connectivity index (χ2v) is 8.67. The van der Waals surface area contributed by atoms with E-state index in [4.69, 9.17) is 4.74 Å². The molecule has 29 heavy (non-hydrogen) atoms. The predicted molar refractivity (Wildman–Crippen MR) is 116 cm³/mol. The van der Waals surface area contributed by atoms with Crippen molar-refractivity contribution in [2.24, 2.45) is 0 Å². The van der Waals surface area contributed by atoms with Crippen molar-refractivity contribution in [3.8, 4) is 0 Å².